The summed E-state index contributed by atoms with van der Waals surface area (Å²) in [6.45, 7) is 7.05. The summed E-state index contributed by atoms with van der Waals surface area (Å²) in [5.74, 6) is -2.56. The maximum Gasteiger partial charge on any atom is 0.336 e. The Morgan fingerprint density at radius 3 is 1.44 bits per heavy atom. The first kappa shape index (κ1) is 11.7. The predicted octanol–water partition coefficient (Wildman–Crippen LogP) is 2.37. The number of carboxylic acid groups (broad SMARTS) is 2. The maximum absolute atomic E-state index is 10.9. The number of hydrogen-bond donors (Lipinski definition) is 2. The lowest BCUT2D eigenvalue weighted by molar-refractivity contribution is 0.0651. The molecule has 82 valence electrons. The lowest BCUT2D eigenvalue weighted by Gasteiger charge is -2.06. The van der Waals surface area contributed by atoms with Crippen molar-refractivity contribution in [2.24, 2.45) is 0 Å². The molecule has 0 aliphatic carbocycles. The highest BCUT2D eigenvalue weighted by atomic mass is 16.4. The number of aromatic carboxylic acids is 2. The summed E-state index contributed by atoms with van der Waals surface area (Å²) in [6, 6.07) is 2.55. The third-order valence-corrected chi connectivity index (χ3v) is 2.12. The number of benzene rings is 1. The van der Waals surface area contributed by atoms with Crippen molar-refractivity contribution in [2.45, 2.75) is 0 Å². The molecule has 0 atom stereocenters. The van der Waals surface area contributed by atoms with Crippen molar-refractivity contribution in [3.63, 3.8) is 0 Å². The van der Waals surface area contributed by atoms with E-state index < -0.39 is 11.9 Å². The lowest BCUT2D eigenvalue weighted by Crippen LogP contribution is -2.09. The van der Waals surface area contributed by atoms with Crippen LogP contribution in [0.2, 0.25) is 0 Å². The Labute approximate surface area is 92.2 Å². The number of rotatable bonds is 4. The van der Waals surface area contributed by atoms with E-state index in [1.165, 1.54) is 24.3 Å². The lowest BCUT2D eigenvalue weighted by atomic mass is 9.98. The fraction of sp³-hybridized carbons (Fsp3) is 0. The van der Waals surface area contributed by atoms with Gasteiger partial charge in [0.05, 0.1) is 11.1 Å². The second kappa shape index (κ2) is 4.44. The first-order valence-electron chi connectivity index (χ1n) is 4.40. The summed E-state index contributed by atoms with van der Waals surface area (Å²) in [5.41, 5.74) is 0.566. The fourth-order valence-electron chi connectivity index (χ4n) is 1.34. The van der Waals surface area contributed by atoms with Gasteiger partial charge in [0.1, 0.15) is 0 Å². The topological polar surface area (TPSA) is 74.6 Å². The smallest absolute Gasteiger partial charge is 0.336 e. The van der Waals surface area contributed by atoms with E-state index in [4.69, 9.17) is 10.2 Å². The van der Waals surface area contributed by atoms with Crippen LogP contribution in [0, 0.1) is 0 Å². The molecule has 16 heavy (non-hydrogen) atoms. The van der Waals surface area contributed by atoms with Crippen molar-refractivity contribution in [3.8, 4) is 0 Å². The molecule has 0 amide bonds. The summed E-state index contributed by atoms with van der Waals surface area (Å²) in [4.78, 5) is 21.7. The van der Waals surface area contributed by atoms with E-state index in [1.807, 2.05) is 0 Å². The van der Waals surface area contributed by atoms with Gasteiger partial charge in [-0.15, -0.1) is 0 Å². The van der Waals surface area contributed by atoms with Crippen LogP contribution in [0.15, 0.2) is 25.3 Å². The van der Waals surface area contributed by atoms with Gasteiger partial charge in [0.25, 0.3) is 0 Å². The molecule has 0 saturated heterocycles. The Morgan fingerprint density at radius 2 is 1.25 bits per heavy atom. The molecule has 1 aromatic carbocycles. The first-order valence-corrected chi connectivity index (χ1v) is 4.40. The average molecular weight is 218 g/mol. The van der Waals surface area contributed by atoms with Crippen LogP contribution in [0.5, 0.6) is 0 Å². The highest BCUT2D eigenvalue weighted by Gasteiger charge is 2.17. The van der Waals surface area contributed by atoms with E-state index in [-0.39, 0.29) is 11.1 Å². The van der Waals surface area contributed by atoms with Crippen LogP contribution in [-0.2, 0) is 0 Å². The highest BCUT2D eigenvalue weighted by Crippen LogP contribution is 2.19. The van der Waals surface area contributed by atoms with Gasteiger partial charge in [-0.1, -0.05) is 25.3 Å². The van der Waals surface area contributed by atoms with Gasteiger partial charge in [-0.25, -0.2) is 9.59 Å². The van der Waals surface area contributed by atoms with Gasteiger partial charge >= 0.3 is 11.9 Å². The van der Waals surface area contributed by atoms with Crippen LogP contribution in [0.4, 0.5) is 0 Å². The van der Waals surface area contributed by atoms with E-state index in [1.54, 1.807) is 0 Å². The summed E-state index contributed by atoms with van der Waals surface area (Å²) in [7, 11) is 0. The van der Waals surface area contributed by atoms with Gasteiger partial charge in [0, 0.05) is 0 Å². The summed E-state index contributed by atoms with van der Waals surface area (Å²) >= 11 is 0. The number of hydrogen-bond acceptors (Lipinski definition) is 2. The molecule has 0 aliphatic heterocycles. The molecule has 4 heteroatoms. The molecule has 0 aliphatic rings. The minimum absolute atomic E-state index is 0.256. The third kappa shape index (κ3) is 2.00. The van der Waals surface area contributed by atoms with Crippen molar-refractivity contribution in [1.29, 1.82) is 0 Å². The largest absolute Gasteiger partial charge is 0.478 e. The van der Waals surface area contributed by atoms with Crippen molar-refractivity contribution in [3.05, 3.63) is 47.5 Å². The summed E-state index contributed by atoms with van der Waals surface area (Å²) < 4.78 is 0. The van der Waals surface area contributed by atoms with Gasteiger partial charge in [-0.2, -0.15) is 0 Å². The molecule has 2 N–H and O–H groups in total. The van der Waals surface area contributed by atoms with Crippen LogP contribution in [0.25, 0.3) is 12.2 Å². The molecule has 0 radical (unpaired) electrons. The second-order valence-corrected chi connectivity index (χ2v) is 3.05. The molecule has 0 fully saturated rings. The van der Waals surface area contributed by atoms with E-state index in [0.29, 0.717) is 11.1 Å². The van der Waals surface area contributed by atoms with Gasteiger partial charge in [-0.05, 0) is 23.3 Å². The molecule has 4 nitrogen and oxygen atoms in total. The average Bonchev–Trinajstić information content (AvgIpc) is 2.26. The second-order valence-electron chi connectivity index (χ2n) is 3.05. The zero-order valence-electron chi connectivity index (χ0n) is 8.43. The molecule has 1 aromatic rings. The molecule has 0 unspecified atom stereocenters. The van der Waals surface area contributed by atoms with Crippen LogP contribution >= 0.6 is 0 Å². The van der Waals surface area contributed by atoms with E-state index in [9.17, 15) is 9.59 Å². The third-order valence-electron chi connectivity index (χ3n) is 2.12. The van der Waals surface area contributed by atoms with Crippen molar-refractivity contribution >= 4 is 24.1 Å². The van der Waals surface area contributed by atoms with E-state index in [0.717, 1.165) is 0 Å². The highest BCUT2D eigenvalue weighted by molar-refractivity contribution is 6.02. The van der Waals surface area contributed by atoms with Crippen LogP contribution in [0.1, 0.15) is 31.8 Å². The predicted molar refractivity (Wildman–Crippen MR) is 60.5 cm³/mol. The molecule has 0 spiro atoms. The standard InChI is InChI=1S/C12H10O4/c1-3-7-5-9(11(13)14)10(12(15)16)6-8(7)4-2/h3-6H,1-2H2,(H,13,14)(H,15,16). The molecule has 0 aromatic heterocycles. The number of carbonyl (C=O) groups is 2. The minimum Gasteiger partial charge on any atom is -0.478 e. The van der Waals surface area contributed by atoms with E-state index in [2.05, 4.69) is 13.2 Å². The zero-order valence-corrected chi connectivity index (χ0v) is 8.43. The van der Waals surface area contributed by atoms with Crippen molar-refractivity contribution in [2.75, 3.05) is 0 Å². The molecule has 0 saturated carbocycles. The first-order chi connectivity index (χ1) is 7.51. The van der Waals surface area contributed by atoms with Gasteiger partial charge in [0.2, 0.25) is 0 Å². The SMILES string of the molecule is C=Cc1cc(C(=O)O)c(C(=O)O)cc1C=C. The Hall–Kier alpha value is -2.36. The Balaban J connectivity index is 3.59. The number of carboxylic acids is 2. The molecule has 0 bridgehead atoms. The summed E-state index contributed by atoms with van der Waals surface area (Å²) in [6.07, 6.45) is 2.91. The summed E-state index contributed by atoms with van der Waals surface area (Å²) in [5, 5.41) is 17.7. The van der Waals surface area contributed by atoms with Crippen LogP contribution in [-0.4, -0.2) is 22.2 Å². The van der Waals surface area contributed by atoms with Gasteiger partial charge < -0.3 is 10.2 Å². The maximum atomic E-state index is 10.9. The van der Waals surface area contributed by atoms with Gasteiger partial charge in [-0.3, -0.25) is 0 Å². The van der Waals surface area contributed by atoms with Crippen LogP contribution in [0.3, 0.4) is 0 Å². The normalized spacial score (nSPS) is 9.50. The zero-order chi connectivity index (χ0) is 12.3. The molecule has 0 heterocycles. The molecular formula is C12H10O4. The monoisotopic (exact) mass is 218 g/mol. The van der Waals surface area contributed by atoms with Crippen LogP contribution < -0.4 is 0 Å². The van der Waals surface area contributed by atoms with Crippen molar-refractivity contribution in [1.82, 2.24) is 0 Å². The Bertz CT molecular complexity index is 441. The molecule has 1 rings (SSSR count). The Kier molecular flexibility index (Phi) is 3.25. The fourth-order valence-corrected chi connectivity index (χ4v) is 1.34. The van der Waals surface area contributed by atoms with Crippen molar-refractivity contribution < 1.29 is 19.8 Å². The molecular weight excluding hydrogens is 208 g/mol. The quantitative estimate of drug-likeness (QED) is 0.813. The Morgan fingerprint density at radius 1 is 0.938 bits per heavy atom. The van der Waals surface area contributed by atoms with E-state index >= 15 is 0 Å². The minimum atomic E-state index is -1.28. The van der Waals surface area contributed by atoms with Gasteiger partial charge in [0.15, 0.2) is 0 Å².